The highest BCUT2D eigenvalue weighted by Crippen LogP contribution is 2.56. The first kappa shape index (κ1) is 10.2. The van der Waals surface area contributed by atoms with Gasteiger partial charge in [0.25, 0.3) is 0 Å². The van der Waals surface area contributed by atoms with Crippen LogP contribution in [-0.2, 0) is 9.59 Å². The van der Waals surface area contributed by atoms with Crippen LogP contribution in [0.25, 0.3) is 0 Å². The van der Waals surface area contributed by atoms with Gasteiger partial charge in [-0.3, -0.25) is 9.59 Å². The van der Waals surface area contributed by atoms with Gasteiger partial charge in [0.2, 0.25) is 0 Å². The predicted octanol–water partition coefficient (Wildman–Crippen LogP) is 1.31. The first-order valence-electron chi connectivity index (χ1n) is 4.39. The Morgan fingerprint density at radius 1 is 1.07 bits per heavy atom. The molecule has 0 amide bonds. The topological polar surface area (TPSA) is 74.6 Å². The van der Waals surface area contributed by atoms with Crippen molar-refractivity contribution in [3.05, 3.63) is 0 Å². The van der Waals surface area contributed by atoms with Crippen LogP contribution in [0, 0.1) is 11.8 Å². The summed E-state index contributed by atoms with van der Waals surface area (Å²) in [5.41, 5.74) is 0. The molecule has 0 radical (unpaired) electrons. The summed E-state index contributed by atoms with van der Waals surface area (Å²) in [6.07, 6.45) is 1.33. The second-order valence-electron chi connectivity index (χ2n) is 3.58. The molecule has 78 valence electrons. The van der Waals surface area contributed by atoms with Crippen molar-refractivity contribution in [2.75, 3.05) is 0 Å². The molecule has 1 saturated carbocycles. The van der Waals surface area contributed by atoms with Crippen LogP contribution in [0.5, 0.6) is 0 Å². The predicted molar refractivity (Wildman–Crippen MR) is 54.2 cm³/mol. The molecule has 0 spiro atoms. The van der Waals surface area contributed by atoms with Gasteiger partial charge in [0.1, 0.15) is 0 Å². The van der Waals surface area contributed by atoms with Gasteiger partial charge in [-0.05, 0) is 12.8 Å². The van der Waals surface area contributed by atoms with Gasteiger partial charge in [0.15, 0.2) is 0 Å². The Bertz CT molecular complexity index is 281. The Labute approximate surface area is 88.8 Å². The van der Waals surface area contributed by atoms with Gasteiger partial charge in [0.05, 0.1) is 11.8 Å². The van der Waals surface area contributed by atoms with E-state index in [0.29, 0.717) is 12.8 Å². The van der Waals surface area contributed by atoms with Crippen LogP contribution in [0.1, 0.15) is 12.8 Å². The van der Waals surface area contributed by atoms with Crippen LogP contribution in [0.15, 0.2) is 0 Å². The number of carboxylic acid groups (broad SMARTS) is 2. The normalized spacial score (nSPS) is 40.9. The van der Waals surface area contributed by atoms with Gasteiger partial charge in [-0.25, -0.2) is 0 Å². The van der Waals surface area contributed by atoms with E-state index in [4.69, 9.17) is 10.2 Å². The Morgan fingerprint density at radius 3 is 2.36 bits per heavy atom. The van der Waals surface area contributed by atoms with Crippen molar-refractivity contribution in [2.24, 2.45) is 11.8 Å². The van der Waals surface area contributed by atoms with E-state index in [2.05, 4.69) is 0 Å². The van der Waals surface area contributed by atoms with Crippen molar-refractivity contribution in [1.82, 2.24) is 0 Å². The lowest BCUT2D eigenvalue weighted by molar-refractivity contribution is -0.146. The standard InChI is InChI=1S/C8H10O4S2/c9-7(10)3-1-2-4-5(8(11)12)6(3)14-13-4/h3-6H,1-2H2,(H,9,10)(H,11,12). The molecule has 4 atom stereocenters. The van der Waals surface area contributed by atoms with Crippen LogP contribution in [0.2, 0.25) is 0 Å². The van der Waals surface area contributed by atoms with Crippen molar-refractivity contribution < 1.29 is 19.8 Å². The van der Waals surface area contributed by atoms with Gasteiger partial charge in [-0.2, -0.15) is 0 Å². The molecule has 2 aliphatic rings. The van der Waals surface area contributed by atoms with Crippen LogP contribution in [-0.4, -0.2) is 32.7 Å². The van der Waals surface area contributed by atoms with Crippen molar-refractivity contribution >= 4 is 33.5 Å². The number of fused-ring (bicyclic) bond motifs is 2. The lowest BCUT2D eigenvalue weighted by Gasteiger charge is -2.29. The van der Waals surface area contributed by atoms with E-state index in [0.717, 1.165) is 0 Å². The SMILES string of the molecule is O=C(O)C1CCC2SSC1C2C(=O)O. The number of carboxylic acids is 2. The third-order valence-electron chi connectivity index (χ3n) is 2.81. The molecule has 1 saturated heterocycles. The Kier molecular flexibility index (Phi) is 2.66. The number of aliphatic carboxylic acids is 2. The highest BCUT2D eigenvalue weighted by Gasteiger charge is 2.51. The first-order chi connectivity index (χ1) is 6.61. The van der Waals surface area contributed by atoms with Crippen LogP contribution in [0.4, 0.5) is 0 Å². The minimum Gasteiger partial charge on any atom is -0.481 e. The quantitative estimate of drug-likeness (QED) is 0.702. The average Bonchev–Trinajstić information content (AvgIpc) is 2.40. The third-order valence-corrected chi connectivity index (χ3v) is 6.28. The molecule has 0 aromatic carbocycles. The van der Waals surface area contributed by atoms with E-state index in [9.17, 15) is 9.59 Å². The molecular formula is C8H10O4S2. The minimum atomic E-state index is -0.852. The summed E-state index contributed by atoms with van der Waals surface area (Å²) in [6.45, 7) is 0. The van der Waals surface area contributed by atoms with Crippen molar-refractivity contribution in [2.45, 2.75) is 23.3 Å². The second-order valence-corrected chi connectivity index (χ2v) is 6.27. The summed E-state index contributed by atoms with van der Waals surface area (Å²) >= 11 is 0. The summed E-state index contributed by atoms with van der Waals surface area (Å²) in [5.74, 6) is -2.65. The van der Waals surface area contributed by atoms with E-state index in [-0.39, 0.29) is 10.5 Å². The molecular weight excluding hydrogens is 224 g/mol. The van der Waals surface area contributed by atoms with E-state index in [1.165, 1.54) is 10.8 Å². The fourth-order valence-corrected chi connectivity index (χ4v) is 6.13. The number of rotatable bonds is 2. The summed E-state index contributed by atoms with van der Waals surface area (Å²) in [7, 11) is 2.98. The number of hydrogen-bond acceptors (Lipinski definition) is 4. The molecule has 1 aliphatic carbocycles. The van der Waals surface area contributed by atoms with Crippen LogP contribution in [0.3, 0.4) is 0 Å². The van der Waals surface area contributed by atoms with E-state index >= 15 is 0 Å². The van der Waals surface area contributed by atoms with E-state index in [1.807, 2.05) is 0 Å². The number of hydrogen-bond donors (Lipinski definition) is 2. The molecule has 4 nitrogen and oxygen atoms in total. The monoisotopic (exact) mass is 234 g/mol. The lowest BCUT2D eigenvalue weighted by atomic mass is 9.80. The van der Waals surface area contributed by atoms with Crippen molar-refractivity contribution in [3.8, 4) is 0 Å². The molecule has 6 heteroatoms. The van der Waals surface area contributed by atoms with Crippen molar-refractivity contribution in [1.29, 1.82) is 0 Å². The highest BCUT2D eigenvalue weighted by molar-refractivity contribution is 8.77. The zero-order chi connectivity index (χ0) is 10.3. The number of carbonyl (C=O) groups is 2. The zero-order valence-corrected chi connectivity index (χ0v) is 8.88. The molecule has 14 heavy (non-hydrogen) atoms. The van der Waals surface area contributed by atoms with Crippen LogP contribution < -0.4 is 0 Å². The molecule has 4 unspecified atom stereocenters. The fourth-order valence-electron chi connectivity index (χ4n) is 2.08. The Morgan fingerprint density at radius 2 is 1.79 bits per heavy atom. The maximum Gasteiger partial charge on any atom is 0.308 e. The molecule has 2 N–H and O–H groups in total. The lowest BCUT2D eigenvalue weighted by Crippen LogP contribution is -2.41. The fraction of sp³-hybridized carbons (Fsp3) is 0.750. The molecule has 0 aromatic rings. The summed E-state index contributed by atoms with van der Waals surface area (Å²) in [5, 5.41) is 17.8. The zero-order valence-electron chi connectivity index (χ0n) is 7.25. The molecule has 1 heterocycles. The average molecular weight is 234 g/mol. The van der Waals surface area contributed by atoms with Gasteiger partial charge >= 0.3 is 11.9 Å². The van der Waals surface area contributed by atoms with Gasteiger partial charge in [0, 0.05) is 10.5 Å². The second kappa shape index (κ2) is 3.66. The molecule has 0 aromatic heterocycles. The Balaban J connectivity index is 2.21. The minimum absolute atomic E-state index is 0.109. The largest absolute Gasteiger partial charge is 0.481 e. The van der Waals surface area contributed by atoms with E-state index in [1.54, 1.807) is 10.8 Å². The van der Waals surface area contributed by atoms with Gasteiger partial charge < -0.3 is 10.2 Å². The molecule has 2 rings (SSSR count). The summed E-state index contributed by atoms with van der Waals surface area (Å²) in [4.78, 5) is 21.9. The van der Waals surface area contributed by atoms with Gasteiger partial charge in [-0.15, -0.1) is 0 Å². The first-order valence-corrected chi connectivity index (χ1v) is 6.66. The molecule has 1 aliphatic heterocycles. The van der Waals surface area contributed by atoms with Crippen LogP contribution >= 0.6 is 21.6 Å². The summed E-state index contributed by atoms with van der Waals surface area (Å²) < 4.78 is 0. The maximum absolute atomic E-state index is 11.0. The van der Waals surface area contributed by atoms with Crippen molar-refractivity contribution in [3.63, 3.8) is 0 Å². The molecule has 2 fully saturated rings. The summed E-state index contributed by atoms with van der Waals surface area (Å²) in [6, 6.07) is 0. The maximum atomic E-state index is 11.0. The highest BCUT2D eigenvalue weighted by atomic mass is 33.1. The molecule has 2 bridgehead atoms. The Hall–Kier alpha value is -0.360. The van der Waals surface area contributed by atoms with Gasteiger partial charge in [-0.1, -0.05) is 21.6 Å². The smallest absolute Gasteiger partial charge is 0.308 e. The van der Waals surface area contributed by atoms with E-state index < -0.39 is 23.8 Å². The third kappa shape index (κ3) is 1.50.